The van der Waals surface area contributed by atoms with Gasteiger partial charge in [-0.3, -0.25) is 9.78 Å². The second-order valence-corrected chi connectivity index (χ2v) is 7.66. The fourth-order valence-electron chi connectivity index (χ4n) is 3.83. The number of piperidine rings is 1. The number of likely N-dealkylation sites (tertiary alicyclic amines) is 1. The molecule has 1 fully saturated rings. The first-order valence-corrected chi connectivity index (χ1v) is 9.98. The smallest absolute Gasteiger partial charge is 0.252 e. The number of carbonyl (C=O) groups excluding carboxylic acids is 1. The number of para-hydroxylation sites is 1. The van der Waals surface area contributed by atoms with E-state index in [2.05, 4.69) is 29.0 Å². The summed E-state index contributed by atoms with van der Waals surface area (Å²) in [5, 5.41) is 4.13. The number of amides is 1. The summed E-state index contributed by atoms with van der Waals surface area (Å²) in [6, 6.07) is 16.2. The molecule has 1 saturated heterocycles. The molecule has 0 unspecified atom stereocenters. The highest BCUT2D eigenvalue weighted by molar-refractivity contribution is 6.07. The van der Waals surface area contributed by atoms with Crippen LogP contribution in [0.2, 0.25) is 0 Å². The third-order valence-corrected chi connectivity index (χ3v) is 5.48. The summed E-state index contributed by atoms with van der Waals surface area (Å²) in [5.41, 5.74) is 2.97. The average molecular weight is 374 g/mol. The third-order valence-electron chi connectivity index (χ3n) is 5.48. The molecule has 28 heavy (non-hydrogen) atoms. The van der Waals surface area contributed by atoms with Gasteiger partial charge in [0.25, 0.3) is 5.91 Å². The second-order valence-electron chi connectivity index (χ2n) is 7.66. The van der Waals surface area contributed by atoms with Crippen molar-refractivity contribution >= 4 is 16.8 Å². The maximum absolute atomic E-state index is 13.2. The lowest BCUT2D eigenvalue weighted by Gasteiger charge is -2.34. The molecule has 0 aliphatic carbocycles. The molecule has 0 radical (unpaired) electrons. The molecule has 4 rings (SSSR count). The normalized spacial score (nSPS) is 15.8. The maximum Gasteiger partial charge on any atom is 0.252 e. The monoisotopic (exact) mass is 374 g/mol. The van der Waals surface area contributed by atoms with Crippen LogP contribution in [0.1, 0.15) is 37.0 Å². The van der Waals surface area contributed by atoms with Crippen LogP contribution in [0.4, 0.5) is 0 Å². The van der Waals surface area contributed by atoms with Gasteiger partial charge in [-0.15, -0.1) is 0 Å². The van der Waals surface area contributed by atoms with Crippen molar-refractivity contribution in [3.05, 3.63) is 60.3 Å². The molecule has 0 bridgehead atoms. The van der Waals surface area contributed by atoms with E-state index in [-0.39, 0.29) is 11.9 Å². The van der Waals surface area contributed by atoms with Crippen molar-refractivity contribution in [1.29, 1.82) is 0 Å². The van der Waals surface area contributed by atoms with Crippen molar-refractivity contribution in [2.24, 2.45) is 0 Å². The van der Waals surface area contributed by atoms with Crippen molar-refractivity contribution in [2.75, 3.05) is 13.1 Å². The topological polar surface area (TPSA) is 58.1 Å². The Morgan fingerprint density at radius 1 is 1.07 bits per heavy atom. The van der Waals surface area contributed by atoms with Crippen LogP contribution in [-0.4, -0.2) is 45.9 Å². The molecule has 0 atom stereocenters. The van der Waals surface area contributed by atoms with Crippen molar-refractivity contribution in [3.63, 3.8) is 0 Å². The standard InChI is InChI=1S/C23H26N4O/c1-16(2)27-13-10-17(11-14-27)25-23(28)19-15-22(21-9-5-6-12-24-21)26-20-8-4-3-7-18(19)20/h3-9,12,15-17H,10-11,13-14H2,1-2H3,(H,25,28). The fourth-order valence-corrected chi connectivity index (χ4v) is 3.83. The number of aromatic nitrogens is 2. The lowest BCUT2D eigenvalue weighted by Crippen LogP contribution is -2.46. The van der Waals surface area contributed by atoms with Crippen LogP contribution in [0.3, 0.4) is 0 Å². The Bertz CT molecular complexity index is 963. The Labute approximate surface area is 165 Å². The van der Waals surface area contributed by atoms with E-state index in [1.165, 1.54) is 0 Å². The van der Waals surface area contributed by atoms with Gasteiger partial charge in [0.05, 0.1) is 22.5 Å². The first-order valence-electron chi connectivity index (χ1n) is 9.98. The molecule has 5 heteroatoms. The zero-order chi connectivity index (χ0) is 19.5. The summed E-state index contributed by atoms with van der Waals surface area (Å²) in [5.74, 6) is -0.0289. The van der Waals surface area contributed by atoms with Crippen LogP contribution in [-0.2, 0) is 0 Å². The first kappa shape index (κ1) is 18.6. The van der Waals surface area contributed by atoms with Crippen molar-refractivity contribution in [2.45, 2.75) is 38.8 Å². The van der Waals surface area contributed by atoms with Crippen LogP contribution in [0.15, 0.2) is 54.7 Å². The zero-order valence-electron chi connectivity index (χ0n) is 16.4. The first-order chi connectivity index (χ1) is 13.6. The predicted octanol–water partition coefficient (Wildman–Crippen LogP) is 3.90. The Morgan fingerprint density at radius 3 is 2.54 bits per heavy atom. The van der Waals surface area contributed by atoms with E-state index in [4.69, 9.17) is 4.98 Å². The van der Waals surface area contributed by atoms with Crippen LogP contribution < -0.4 is 5.32 Å². The predicted molar refractivity (Wildman–Crippen MR) is 112 cm³/mol. The van der Waals surface area contributed by atoms with E-state index in [0.29, 0.717) is 11.6 Å². The van der Waals surface area contributed by atoms with Gasteiger partial charge in [0.1, 0.15) is 0 Å². The van der Waals surface area contributed by atoms with E-state index in [1.54, 1.807) is 6.20 Å². The summed E-state index contributed by atoms with van der Waals surface area (Å²) < 4.78 is 0. The van der Waals surface area contributed by atoms with Crippen molar-refractivity contribution in [3.8, 4) is 11.4 Å². The van der Waals surface area contributed by atoms with E-state index >= 15 is 0 Å². The molecule has 1 aliphatic rings. The van der Waals surface area contributed by atoms with Gasteiger partial charge in [0.2, 0.25) is 0 Å². The number of rotatable bonds is 4. The average Bonchev–Trinajstić information content (AvgIpc) is 2.74. The quantitative estimate of drug-likeness (QED) is 0.752. The number of hydrogen-bond donors (Lipinski definition) is 1. The summed E-state index contributed by atoms with van der Waals surface area (Å²) in [6.45, 7) is 6.50. The molecule has 5 nitrogen and oxygen atoms in total. The van der Waals surface area contributed by atoms with Crippen LogP contribution >= 0.6 is 0 Å². The number of fused-ring (bicyclic) bond motifs is 1. The van der Waals surface area contributed by atoms with Crippen LogP contribution in [0, 0.1) is 0 Å². The van der Waals surface area contributed by atoms with Crippen LogP contribution in [0.5, 0.6) is 0 Å². The van der Waals surface area contributed by atoms with E-state index < -0.39 is 0 Å². The van der Waals surface area contributed by atoms with E-state index in [0.717, 1.165) is 48.2 Å². The number of benzene rings is 1. The van der Waals surface area contributed by atoms with Gasteiger partial charge in [0.15, 0.2) is 0 Å². The Balaban J connectivity index is 1.61. The molecule has 1 N–H and O–H groups in total. The maximum atomic E-state index is 13.2. The zero-order valence-corrected chi connectivity index (χ0v) is 16.4. The van der Waals surface area contributed by atoms with E-state index in [1.807, 2.05) is 48.5 Å². The van der Waals surface area contributed by atoms with Gasteiger partial charge in [-0.05, 0) is 51.0 Å². The summed E-state index contributed by atoms with van der Waals surface area (Å²) in [4.78, 5) is 24.7. The number of carbonyl (C=O) groups is 1. The highest BCUT2D eigenvalue weighted by Crippen LogP contribution is 2.24. The van der Waals surface area contributed by atoms with Gasteiger partial charge in [-0.2, -0.15) is 0 Å². The van der Waals surface area contributed by atoms with Gasteiger partial charge >= 0.3 is 0 Å². The third kappa shape index (κ3) is 3.90. The SMILES string of the molecule is CC(C)N1CCC(NC(=O)c2cc(-c3ccccn3)nc3ccccc23)CC1. The lowest BCUT2D eigenvalue weighted by atomic mass is 10.0. The molecule has 2 aromatic heterocycles. The Morgan fingerprint density at radius 2 is 1.82 bits per heavy atom. The molecule has 1 aromatic carbocycles. The molecule has 3 heterocycles. The highest BCUT2D eigenvalue weighted by atomic mass is 16.1. The molecule has 144 valence electrons. The number of nitrogens with zero attached hydrogens (tertiary/aromatic N) is 3. The summed E-state index contributed by atoms with van der Waals surface area (Å²) in [7, 11) is 0. The molecule has 0 spiro atoms. The highest BCUT2D eigenvalue weighted by Gasteiger charge is 2.23. The number of nitrogens with one attached hydrogen (secondary N) is 1. The van der Waals surface area contributed by atoms with Gasteiger partial charge < -0.3 is 10.2 Å². The van der Waals surface area contributed by atoms with Gasteiger partial charge in [-0.1, -0.05) is 24.3 Å². The Hall–Kier alpha value is -2.79. The largest absolute Gasteiger partial charge is 0.349 e. The molecule has 0 saturated carbocycles. The lowest BCUT2D eigenvalue weighted by molar-refractivity contribution is 0.0902. The Kier molecular flexibility index (Phi) is 5.35. The van der Waals surface area contributed by atoms with Gasteiger partial charge in [0, 0.05) is 36.8 Å². The van der Waals surface area contributed by atoms with Gasteiger partial charge in [-0.25, -0.2) is 4.98 Å². The molecule has 1 amide bonds. The van der Waals surface area contributed by atoms with Crippen molar-refractivity contribution in [1.82, 2.24) is 20.2 Å². The fraction of sp³-hybridized carbons (Fsp3) is 0.348. The molecule has 1 aliphatic heterocycles. The second kappa shape index (κ2) is 8.07. The van der Waals surface area contributed by atoms with Crippen molar-refractivity contribution < 1.29 is 4.79 Å². The number of hydrogen-bond acceptors (Lipinski definition) is 4. The minimum absolute atomic E-state index is 0.0289. The summed E-state index contributed by atoms with van der Waals surface area (Å²) in [6.07, 6.45) is 3.72. The van der Waals surface area contributed by atoms with E-state index in [9.17, 15) is 4.79 Å². The molecular formula is C23H26N4O. The summed E-state index contributed by atoms with van der Waals surface area (Å²) >= 11 is 0. The van der Waals surface area contributed by atoms with Crippen LogP contribution in [0.25, 0.3) is 22.3 Å². The minimum atomic E-state index is -0.0289. The minimum Gasteiger partial charge on any atom is -0.349 e. The molecular weight excluding hydrogens is 348 g/mol. The molecule has 3 aromatic rings. The number of pyridine rings is 2.